The minimum atomic E-state index is -1.00. The number of ether oxygens (including phenoxy) is 1. The maximum absolute atomic E-state index is 13.0. The third kappa shape index (κ3) is 11.5. The maximum atomic E-state index is 13.0. The first-order valence-corrected chi connectivity index (χ1v) is 14.4. The van der Waals surface area contributed by atoms with Gasteiger partial charge in [0.2, 0.25) is 18.2 Å². The van der Waals surface area contributed by atoms with Gasteiger partial charge in [-0.25, -0.2) is 4.79 Å². The van der Waals surface area contributed by atoms with Crippen LogP contribution in [0, 0.1) is 11.8 Å². The van der Waals surface area contributed by atoms with Crippen molar-refractivity contribution in [2.24, 2.45) is 11.8 Å². The largest absolute Gasteiger partial charge is 0.456 e. The molecule has 0 aromatic rings. The highest BCUT2D eigenvalue weighted by Gasteiger charge is 2.30. The molecule has 4 N–H and O–H groups in total. The van der Waals surface area contributed by atoms with Crippen LogP contribution < -0.4 is 21.3 Å². The summed E-state index contributed by atoms with van der Waals surface area (Å²) in [6, 6.07) is -1.72. The van der Waals surface area contributed by atoms with E-state index in [0.29, 0.717) is 19.4 Å². The zero-order valence-corrected chi connectivity index (χ0v) is 23.1. The van der Waals surface area contributed by atoms with Crippen LogP contribution in [0.25, 0.3) is 0 Å². The number of hydrogen-bond acceptors (Lipinski definition) is 8. The minimum Gasteiger partial charge on any atom is -0.456 e. The Hall–Kier alpha value is -2.47. The molecule has 10 nitrogen and oxygen atoms in total. The standard InChI is InChI=1S/C24H38N4O6S2/c1-6-18(26-14-29)22(31)28-21(16(4)5)24(33)34-17-9-7-8-11-35-36-12-10-25-23(32)20(15(2)3)27-19(30)13-17/h6-7,9,14-17,20-21H,8,10-13H2,1-5H3,(H,25,32)(H,26,29)(H,27,30)(H,28,31)/b9-7+,18-6-/t17-,20+,21?/m1/s1. The van der Waals surface area contributed by atoms with Crippen molar-refractivity contribution in [3.8, 4) is 0 Å². The molecule has 202 valence electrons. The second-order valence-electron chi connectivity index (χ2n) is 8.78. The average Bonchev–Trinajstić information content (AvgIpc) is 2.82. The topological polar surface area (TPSA) is 143 Å². The summed E-state index contributed by atoms with van der Waals surface area (Å²) in [7, 11) is 3.33. The van der Waals surface area contributed by atoms with Gasteiger partial charge in [0.15, 0.2) is 0 Å². The summed E-state index contributed by atoms with van der Waals surface area (Å²) in [5, 5.41) is 10.5. The van der Waals surface area contributed by atoms with E-state index in [1.807, 2.05) is 19.9 Å². The molecule has 1 aliphatic heterocycles. The van der Waals surface area contributed by atoms with E-state index in [-0.39, 0.29) is 29.9 Å². The van der Waals surface area contributed by atoms with Crippen LogP contribution in [-0.4, -0.2) is 66.3 Å². The molecule has 0 bridgehead atoms. The Morgan fingerprint density at radius 3 is 2.47 bits per heavy atom. The van der Waals surface area contributed by atoms with Crippen molar-refractivity contribution in [2.45, 2.75) is 65.6 Å². The number of allylic oxidation sites excluding steroid dienone is 2. The fourth-order valence-electron chi connectivity index (χ4n) is 3.19. The maximum Gasteiger partial charge on any atom is 0.329 e. The molecule has 0 spiro atoms. The van der Waals surface area contributed by atoms with Crippen molar-refractivity contribution in [3.63, 3.8) is 0 Å². The monoisotopic (exact) mass is 542 g/mol. The number of carbonyl (C=O) groups is 5. The van der Waals surface area contributed by atoms with E-state index in [1.54, 1.807) is 48.4 Å². The second-order valence-corrected chi connectivity index (χ2v) is 11.5. The second kappa shape index (κ2) is 17.1. The number of hydrogen-bond donors (Lipinski definition) is 4. The highest BCUT2D eigenvalue weighted by atomic mass is 33.1. The molecular formula is C24H38N4O6S2. The Morgan fingerprint density at radius 2 is 1.86 bits per heavy atom. The molecule has 36 heavy (non-hydrogen) atoms. The lowest BCUT2D eigenvalue weighted by molar-refractivity contribution is -0.153. The van der Waals surface area contributed by atoms with E-state index in [4.69, 9.17) is 4.74 Å². The van der Waals surface area contributed by atoms with Crippen molar-refractivity contribution in [3.05, 3.63) is 23.9 Å². The van der Waals surface area contributed by atoms with Crippen LogP contribution in [0.2, 0.25) is 0 Å². The zero-order chi connectivity index (χ0) is 27.1. The van der Waals surface area contributed by atoms with Gasteiger partial charge in [-0.3, -0.25) is 19.2 Å². The van der Waals surface area contributed by atoms with Gasteiger partial charge in [0.1, 0.15) is 23.9 Å². The van der Waals surface area contributed by atoms with Crippen molar-refractivity contribution < 1.29 is 28.7 Å². The molecule has 0 aromatic heterocycles. The normalized spacial score (nSPS) is 22.4. The Morgan fingerprint density at radius 1 is 1.17 bits per heavy atom. The number of rotatable bonds is 8. The molecule has 4 amide bonds. The third-order valence-electron chi connectivity index (χ3n) is 5.16. The first-order chi connectivity index (χ1) is 17.1. The van der Waals surface area contributed by atoms with E-state index in [1.165, 1.54) is 6.08 Å². The molecule has 0 radical (unpaired) electrons. The van der Waals surface area contributed by atoms with Gasteiger partial charge in [0.25, 0.3) is 5.91 Å². The summed E-state index contributed by atoms with van der Waals surface area (Å²) in [4.78, 5) is 61.6. The molecule has 0 aliphatic carbocycles. The van der Waals surface area contributed by atoms with Crippen molar-refractivity contribution >= 4 is 51.7 Å². The predicted octanol–water partition coefficient (Wildman–Crippen LogP) is 1.68. The number of carbonyl (C=O) groups excluding carboxylic acids is 5. The Balaban J connectivity index is 3.03. The Kier molecular flexibility index (Phi) is 15.0. The number of esters is 1. The van der Waals surface area contributed by atoms with Crippen LogP contribution in [-0.2, 0) is 28.7 Å². The van der Waals surface area contributed by atoms with Gasteiger partial charge in [0, 0.05) is 18.1 Å². The summed E-state index contributed by atoms with van der Waals surface area (Å²) in [6.45, 7) is 9.26. The summed E-state index contributed by atoms with van der Waals surface area (Å²) >= 11 is 0. The van der Waals surface area contributed by atoms with Crippen LogP contribution >= 0.6 is 21.6 Å². The van der Waals surface area contributed by atoms with Crippen LogP contribution in [0.1, 0.15) is 47.5 Å². The highest BCUT2D eigenvalue weighted by Crippen LogP contribution is 2.21. The summed E-state index contributed by atoms with van der Waals surface area (Å²) in [6.07, 6.45) is 4.96. The Bertz CT molecular complexity index is 831. The van der Waals surface area contributed by atoms with Gasteiger partial charge in [-0.05, 0) is 31.3 Å². The zero-order valence-electron chi connectivity index (χ0n) is 21.5. The van der Waals surface area contributed by atoms with Crippen LogP contribution in [0.4, 0.5) is 0 Å². The van der Waals surface area contributed by atoms with E-state index in [9.17, 15) is 24.0 Å². The van der Waals surface area contributed by atoms with E-state index in [2.05, 4.69) is 21.3 Å². The molecule has 1 unspecified atom stereocenters. The first kappa shape index (κ1) is 31.6. The van der Waals surface area contributed by atoms with Gasteiger partial charge in [-0.1, -0.05) is 61.4 Å². The van der Waals surface area contributed by atoms with Gasteiger partial charge in [-0.15, -0.1) is 0 Å². The molecule has 12 heteroatoms. The van der Waals surface area contributed by atoms with Gasteiger partial charge in [0.05, 0.1) is 6.42 Å². The van der Waals surface area contributed by atoms with Crippen LogP contribution in [0.5, 0.6) is 0 Å². The number of amides is 4. The first-order valence-electron chi connectivity index (χ1n) is 12.0. The Labute approximate surface area is 221 Å². The SMILES string of the molecule is C/C=C(\NC=O)C(=O)NC(C(=O)O[C@@H]1/C=C/CCSSCCNC(=O)[C@H](C(C)C)NC(=O)C1)C(C)C. The van der Waals surface area contributed by atoms with Gasteiger partial charge < -0.3 is 26.0 Å². The van der Waals surface area contributed by atoms with Crippen molar-refractivity contribution in [2.75, 3.05) is 18.1 Å². The quantitative estimate of drug-likeness (QED) is 0.119. The van der Waals surface area contributed by atoms with Crippen LogP contribution in [0.3, 0.4) is 0 Å². The molecule has 0 saturated heterocycles. The molecular weight excluding hydrogens is 504 g/mol. The molecule has 0 aromatic carbocycles. The summed E-state index contributed by atoms with van der Waals surface area (Å²) in [5.74, 6) is -0.909. The smallest absolute Gasteiger partial charge is 0.329 e. The molecule has 1 aliphatic rings. The minimum absolute atomic E-state index is 0.00464. The lowest BCUT2D eigenvalue weighted by atomic mass is 10.0. The summed E-state index contributed by atoms with van der Waals surface area (Å²) in [5.41, 5.74) is 0.00464. The molecule has 0 saturated carbocycles. The molecule has 1 rings (SSSR count). The lowest BCUT2D eigenvalue weighted by Gasteiger charge is -2.25. The van der Waals surface area contributed by atoms with Crippen molar-refractivity contribution in [1.29, 1.82) is 0 Å². The lowest BCUT2D eigenvalue weighted by Crippen LogP contribution is -2.51. The van der Waals surface area contributed by atoms with E-state index >= 15 is 0 Å². The van der Waals surface area contributed by atoms with Crippen LogP contribution in [0.15, 0.2) is 23.9 Å². The van der Waals surface area contributed by atoms with E-state index < -0.39 is 36.0 Å². The van der Waals surface area contributed by atoms with Gasteiger partial charge in [-0.2, -0.15) is 0 Å². The number of nitrogens with one attached hydrogen (secondary N) is 4. The highest BCUT2D eigenvalue weighted by molar-refractivity contribution is 8.76. The average molecular weight is 543 g/mol. The summed E-state index contributed by atoms with van der Waals surface area (Å²) < 4.78 is 5.64. The fraction of sp³-hybridized carbons (Fsp3) is 0.625. The molecule has 0 fully saturated rings. The van der Waals surface area contributed by atoms with Gasteiger partial charge >= 0.3 is 5.97 Å². The van der Waals surface area contributed by atoms with Crippen molar-refractivity contribution in [1.82, 2.24) is 21.3 Å². The molecule has 3 atom stereocenters. The third-order valence-corrected chi connectivity index (χ3v) is 7.60. The van der Waals surface area contributed by atoms with E-state index in [0.717, 1.165) is 11.5 Å². The fourth-order valence-corrected chi connectivity index (χ4v) is 5.09. The molecule has 1 heterocycles. The predicted molar refractivity (Wildman–Crippen MR) is 143 cm³/mol.